The number of carbonyl (C=O) groups excluding carboxylic acids is 1. The maximum atomic E-state index is 11.8. The van der Waals surface area contributed by atoms with E-state index in [1.54, 1.807) is 0 Å². The molecule has 5 heteroatoms. The van der Waals surface area contributed by atoms with Crippen molar-refractivity contribution in [3.8, 4) is 0 Å². The molecule has 0 heterocycles. The molecule has 88 valence electrons. The van der Waals surface area contributed by atoms with E-state index in [1.807, 2.05) is 27.7 Å². The SMILES string of the molecule is CC(I)NC(=O)C(CC(=O)O)C(C)(C)C. The number of hydrogen-bond donors (Lipinski definition) is 2. The van der Waals surface area contributed by atoms with Crippen molar-refractivity contribution in [1.29, 1.82) is 0 Å². The van der Waals surface area contributed by atoms with Gasteiger partial charge >= 0.3 is 5.97 Å². The maximum Gasteiger partial charge on any atom is 0.304 e. The van der Waals surface area contributed by atoms with Crippen LogP contribution in [0.2, 0.25) is 0 Å². The molecule has 0 saturated heterocycles. The van der Waals surface area contributed by atoms with Gasteiger partial charge in [0.05, 0.1) is 16.4 Å². The van der Waals surface area contributed by atoms with E-state index in [-0.39, 0.29) is 21.8 Å². The molecule has 0 aliphatic carbocycles. The Balaban J connectivity index is 4.64. The van der Waals surface area contributed by atoms with Crippen molar-refractivity contribution in [2.24, 2.45) is 11.3 Å². The summed E-state index contributed by atoms with van der Waals surface area (Å²) in [7, 11) is 0. The van der Waals surface area contributed by atoms with Crippen molar-refractivity contribution in [2.75, 3.05) is 0 Å². The highest BCUT2D eigenvalue weighted by Gasteiger charge is 2.33. The lowest BCUT2D eigenvalue weighted by Crippen LogP contribution is -2.41. The molecule has 1 amide bonds. The molecule has 0 aromatic heterocycles. The van der Waals surface area contributed by atoms with Crippen LogP contribution in [-0.2, 0) is 9.59 Å². The number of aliphatic carboxylic acids is 1. The number of hydrogen-bond acceptors (Lipinski definition) is 2. The summed E-state index contributed by atoms with van der Waals surface area (Å²) < 4.78 is 0.00810. The second kappa shape index (κ2) is 5.67. The fourth-order valence-corrected chi connectivity index (χ4v) is 1.57. The summed E-state index contributed by atoms with van der Waals surface area (Å²) in [6.07, 6.45) is -0.126. The zero-order chi connectivity index (χ0) is 12.2. The van der Waals surface area contributed by atoms with Crippen molar-refractivity contribution in [3.05, 3.63) is 0 Å². The molecular formula is C10H18INO3. The number of nitrogens with one attached hydrogen (secondary N) is 1. The van der Waals surface area contributed by atoms with Crippen molar-refractivity contribution in [2.45, 2.75) is 38.2 Å². The van der Waals surface area contributed by atoms with E-state index in [4.69, 9.17) is 5.11 Å². The Morgan fingerprint density at radius 1 is 1.40 bits per heavy atom. The van der Waals surface area contributed by atoms with E-state index in [0.717, 1.165) is 0 Å². The van der Waals surface area contributed by atoms with Crippen LogP contribution in [0.5, 0.6) is 0 Å². The summed E-state index contributed by atoms with van der Waals surface area (Å²) in [5.74, 6) is -1.62. The Labute approximate surface area is 104 Å². The predicted octanol–water partition coefficient (Wildman–Crippen LogP) is 2.02. The highest BCUT2D eigenvalue weighted by molar-refractivity contribution is 14.1. The van der Waals surface area contributed by atoms with Crippen LogP contribution in [0.15, 0.2) is 0 Å². The van der Waals surface area contributed by atoms with Gasteiger partial charge in [0, 0.05) is 0 Å². The van der Waals surface area contributed by atoms with Gasteiger partial charge in [-0.2, -0.15) is 0 Å². The molecule has 0 aromatic carbocycles. The molecule has 2 atom stereocenters. The van der Waals surface area contributed by atoms with Gasteiger partial charge in [-0.05, 0) is 12.3 Å². The first kappa shape index (κ1) is 14.7. The molecule has 4 nitrogen and oxygen atoms in total. The van der Waals surface area contributed by atoms with E-state index in [9.17, 15) is 9.59 Å². The Hall–Kier alpha value is -0.330. The first-order valence-electron chi connectivity index (χ1n) is 4.81. The zero-order valence-corrected chi connectivity index (χ0v) is 11.7. The third kappa shape index (κ3) is 5.96. The predicted molar refractivity (Wildman–Crippen MR) is 66.8 cm³/mol. The molecule has 0 radical (unpaired) electrons. The van der Waals surface area contributed by atoms with Crippen LogP contribution < -0.4 is 5.32 Å². The van der Waals surface area contributed by atoms with Crippen LogP contribution in [0.3, 0.4) is 0 Å². The van der Waals surface area contributed by atoms with Gasteiger partial charge in [0.1, 0.15) is 0 Å². The highest BCUT2D eigenvalue weighted by atomic mass is 127. The van der Waals surface area contributed by atoms with Crippen LogP contribution in [0.25, 0.3) is 0 Å². The summed E-state index contributed by atoms with van der Waals surface area (Å²) in [6.45, 7) is 7.47. The number of carboxylic acid groups (broad SMARTS) is 1. The second-order valence-electron chi connectivity index (χ2n) is 4.64. The van der Waals surface area contributed by atoms with Crippen LogP contribution in [-0.4, -0.2) is 21.0 Å². The standard InChI is InChI=1S/C10H18INO3/c1-6(11)12-9(15)7(5-8(13)14)10(2,3)4/h6-7H,5H2,1-4H3,(H,12,15)(H,13,14). The fraction of sp³-hybridized carbons (Fsp3) is 0.800. The van der Waals surface area contributed by atoms with Gasteiger partial charge in [-0.25, -0.2) is 0 Å². The summed E-state index contributed by atoms with van der Waals surface area (Å²) in [6, 6.07) is 0. The van der Waals surface area contributed by atoms with Crippen LogP contribution in [0.4, 0.5) is 0 Å². The molecular weight excluding hydrogens is 309 g/mol. The molecule has 0 saturated carbocycles. The third-order valence-electron chi connectivity index (χ3n) is 2.08. The zero-order valence-electron chi connectivity index (χ0n) is 9.50. The minimum Gasteiger partial charge on any atom is -0.481 e. The molecule has 0 aliphatic rings. The third-order valence-corrected chi connectivity index (χ3v) is 2.39. The van der Waals surface area contributed by atoms with Crippen molar-refractivity contribution in [1.82, 2.24) is 5.32 Å². The molecule has 0 aliphatic heterocycles. The normalized spacial score (nSPS) is 15.5. The van der Waals surface area contributed by atoms with E-state index in [2.05, 4.69) is 27.9 Å². The number of rotatable bonds is 4. The molecule has 0 spiro atoms. The second-order valence-corrected chi connectivity index (χ2v) is 6.51. The Morgan fingerprint density at radius 3 is 2.13 bits per heavy atom. The number of alkyl halides is 1. The number of carbonyl (C=O) groups is 2. The van der Waals surface area contributed by atoms with Gasteiger partial charge in [0.15, 0.2) is 0 Å². The average Bonchev–Trinajstić information content (AvgIpc) is 1.95. The molecule has 2 N–H and O–H groups in total. The largest absolute Gasteiger partial charge is 0.481 e. The fourth-order valence-electron chi connectivity index (χ4n) is 1.26. The van der Waals surface area contributed by atoms with Gasteiger partial charge in [-0.1, -0.05) is 43.4 Å². The molecule has 0 bridgehead atoms. The molecule has 0 aromatic rings. The lowest BCUT2D eigenvalue weighted by atomic mass is 9.78. The molecule has 0 rings (SSSR count). The minimum atomic E-state index is -0.939. The minimum absolute atomic E-state index is 0.00810. The van der Waals surface area contributed by atoms with Crippen molar-refractivity contribution in [3.63, 3.8) is 0 Å². The Morgan fingerprint density at radius 2 is 1.87 bits per heavy atom. The van der Waals surface area contributed by atoms with Crippen LogP contribution >= 0.6 is 22.6 Å². The lowest BCUT2D eigenvalue weighted by Gasteiger charge is -2.28. The summed E-state index contributed by atoms with van der Waals surface area (Å²) in [4.78, 5) is 22.4. The van der Waals surface area contributed by atoms with Crippen LogP contribution in [0, 0.1) is 11.3 Å². The highest BCUT2D eigenvalue weighted by Crippen LogP contribution is 2.29. The first-order chi connectivity index (χ1) is 6.64. The summed E-state index contributed by atoms with van der Waals surface area (Å²) >= 11 is 2.07. The quantitative estimate of drug-likeness (QED) is 0.472. The number of halogens is 1. The summed E-state index contributed by atoms with van der Waals surface area (Å²) in [5.41, 5.74) is -0.339. The Kier molecular flexibility index (Phi) is 5.55. The first-order valence-corrected chi connectivity index (χ1v) is 6.05. The van der Waals surface area contributed by atoms with Gasteiger partial charge < -0.3 is 10.4 Å². The average molecular weight is 327 g/mol. The van der Waals surface area contributed by atoms with Crippen molar-refractivity contribution >= 4 is 34.5 Å². The van der Waals surface area contributed by atoms with Crippen molar-refractivity contribution < 1.29 is 14.7 Å². The summed E-state index contributed by atoms with van der Waals surface area (Å²) in [5, 5.41) is 11.5. The van der Waals surface area contributed by atoms with E-state index < -0.39 is 11.9 Å². The van der Waals surface area contributed by atoms with Gasteiger partial charge in [0.2, 0.25) is 5.91 Å². The van der Waals surface area contributed by atoms with Gasteiger partial charge in [0.25, 0.3) is 0 Å². The van der Waals surface area contributed by atoms with Gasteiger partial charge in [-0.15, -0.1) is 0 Å². The van der Waals surface area contributed by atoms with Gasteiger partial charge in [-0.3, -0.25) is 9.59 Å². The maximum absolute atomic E-state index is 11.8. The molecule has 2 unspecified atom stereocenters. The van der Waals surface area contributed by atoms with Crippen LogP contribution in [0.1, 0.15) is 34.1 Å². The smallest absolute Gasteiger partial charge is 0.304 e. The van der Waals surface area contributed by atoms with E-state index in [0.29, 0.717) is 0 Å². The topological polar surface area (TPSA) is 66.4 Å². The van der Waals surface area contributed by atoms with E-state index >= 15 is 0 Å². The molecule has 15 heavy (non-hydrogen) atoms. The lowest BCUT2D eigenvalue weighted by molar-refractivity contribution is -0.143. The number of amides is 1. The Bertz CT molecular complexity index is 246. The monoisotopic (exact) mass is 327 g/mol. The number of carboxylic acids is 1. The molecule has 0 fully saturated rings. The van der Waals surface area contributed by atoms with E-state index in [1.165, 1.54) is 0 Å².